The maximum absolute atomic E-state index is 10.6. The van der Waals surface area contributed by atoms with Gasteiger partial charge < -0.3 is 5.32 Å². The van der Waals surface area contributed by atoms with Crippen LogP contribution in [0.5, 0.6) is 0 Å². The Bertz CT molecular complexity index is 268. The smallest absolute Gasteiger partial charge is 0.148 e. The van der Waals surface area contributed by atoms with E-state index in [0.29, 0.717) is 11.6 Å². The molecule has 2 nitrogen and oxygen atoms in total. The minimum Gasteiger partial charge on any atom is -0.378 e. The van der Waals surface area contributed by atoms with Crippen molar-refractivity contribution in [2.45, 2.75) is 6.92 Å². The van der Waals surface area contributed by atoms with Crippen LogP contribution < -0.4 is 5.32 Å². The summed E-state index contributed by atoms with van der Waals surface area (Å²) in [6.07, 6.45) is 0. The van der Waals surface area contributed by atoms with Crippen molar-refractivity contribution in [2.75, 3.05) is 11.9 Å². The van der Waals surface area contributed by atoms with Crippen LogP contribution >= 0.6 is 11.6 Å². The van der Waals surface area contributed by atoms with Crippen molar-refractivity contribution in [3.8, 4) is 0 Å². The highest BCUT2D eigenvalue weighted by Crippen LogP contribution is 2.12. The molecule has 0 heterocycles. The molecular weight excluding hydrogens is 174 g/mol. The van der Waals surface area contributed by atoms with Crippen molar-refractivity contribution in [2.24, 2.45) is 0 Å². The van der Waals surface area contributed by atoms with Crippen LogP contribution in [0.3, 0.4) is 0 Å². The number of Topliss-reactive ketones (excluding diaryl/α,β-unsaturated/α-hetero) is 1. The molecule has 0 aromatic heterocycles. The van der Waals surface area contributed by atoms with Crippen molar-refractivity contribution in [3.05, 3.63) is 29.3 Å². The van der Waals surface area contributed by atoms with Crippen LogP contribution in [-0.4, -0.2) is 12.3 Å². The van der Waals surface area contributed by atoms with E-state index in [0.717, 1.165) is 5.69 Å². The van der Waals surface area contributed by atoms with Gasteiger partial charge in [0, 0.05) is 10.7 Å². The van der Waals surface area contributed by atoms with Crippen LogP contribution in [0, 0.1) is 0 Å². The first-order valence-electron chi connectivity index (χ1n) is 3.67. The molecule has 3 heteroatoms. The van der Waals surface area contributed by atoms with Crippen LogP contribution in [0.2, 0.25) is 5.02 Å². The molecule has 0 unspecified atom stereocenters. The average Bonchev–Trinajstić information content (AvgIpc) is 2.03. The highest BCUT2D eigenvalue weighted by molar-refractivity contribution is 6.30. The minimum atomic E-state index is 0.116. The highest BCUT2D eigenvalue weighted by Gasteiger charge is 1.93. The average molecular weight is 184 g/mol. The number of hydrogen-bond donors (Lipinski definition) is 1. The number of rotatable bonds is 3. The number of carbonyl (C=O) groups excluding carboxylic acids is 1. The maximum atomic E-state index is 10.6. The first-order valence-corrected chi connectivity index (χ1v) is 4.05. The number of halogens is 1. The van der Waals surface area contributed by atoms with Gasteiger partial charge in [-0.2, -0.15) is 0 Å². The molecule has 1 aromatic carbocycles. The minimum absolute atomic E-state index is 0.116. The standard InChI is InChI=1S/C9H10ClNO/c1-7(12)6-11-9-4-2-8(10)3-5-9/h2-5,11H,6H2,1H3. The van der Waals surface area contributed by atoms with E-state index >= 15 is 0 Å². The van der Waals surface area contributed by atoms with Crippen molar-refractivity contribution in [1.82, 2.24) is 0 Å². The summed E-state index contributed by atoms with van der Waals surface area (Å²) in [5.41, 5.74) is 0.912. The lowest BCUT2D eigenvalue weighted by Crippen LogP contribution is -2.09. The number of anilines is 1. The summed E-state index contributed by atoms with van der Waals surface area (Å²) in [5.74, 6) is 0.116. The predicted octanol–water partition coefficient (Wildman–Crippen LogP) is 2.34. The molecule has 0 atom stereocenters. The Morgan fingerprint density at radius 3 is 2.50 bits per heavy atom. The molecule has 0 fully saturated rings. The lowest BCUT2D eigenvalue weighted by molar-refractivity contribution is -0.115. The van der Waals surface area contributed by atoms with E-state index < -0.39 is 0 Å². The summed E-state index contributed by atoms with van der Waals surface area (Å²) in [5, 5.41) is 3.66. The fraction of sp³-hybridized carbons (Fsp3) is 0.222. The van der Waals surface area contributed by atoms with E-state index in [1.165, 1.54) is 0 Å². The van der Waals surface area contributed by atoms with Crippen molar-refractivity contribution in [3.63, 3.8) is 0 Å². The fourth-order valence-electron chi connectivity index (χ4n) is 0.794. The molecule has 12 heavy (non-hydrogen) atoms. The van der Waals surface area contributed by atoms with Gasteiger partial charge in [0.05, 0.1) is 6.54 Å². The molecule has 1 aromatic rings. The second-order valence-corrected chi connectivity index (χ2v) is 3.00. The van der Waals surface area contributed by atoms with Gasteiger partial charge >= 0.3 is 0 Å². The Morgan fingerprint density at radius 1 is 1.42 bits per heavy atom. The topological polar surface area (TPSA) is 29.1 Å². The summed E-state index contributed by atoms with van der Waals surface area (Å²) in [4.78, 5) is 10.6. The van der Waals surface area contributed by atoms with Crippen molar-refractivity contribution < 1.29 is 4.79 Å². The molecule has 1 rings (SSSR count). The van der Waals surface area contributed by atoms with E-state index in [4.69, 9.17) is 11.6 Å². The molecule has 64 valence electrons. The summed E-state index contributed by atoms with van der Waals surface area (Å²) in [7, 11) is 0. The largest absolute Gasteiger partial charge is 0.378 e. The van der Waals surface area contributed by atoms with E-state index in [-0.39, 0.29) is 5.78 Å². The lowest BCUT2D eigenvalue weighted by atomic mass is 10.3. The van der Waals surface area contributed by atoms with Gasteiger partial charge in [-0.1, -0.05) is 11.6 Å². The Hall–Kier alpha value is -1.02. The number of ketones is 1. The monoisotopic (exact) mass is 183 g/mol. The van der Waals surface area contributed by atoms with Gasteiger partial charge in [-0.3, -0.25) is 4.79 Å². The molecule has 0 aliphatic heterocycles. The predicted molar refractivity (Wildman–Crippen MR) is 50.6 cm³/mol. The number of hydrogen-bond acceptors (Lipinski definition) is 2. The third-order valence-electron chi connectivity index (χ3n) is 1.39. The molecule has 0 saturated carbocycles. The highest BCUT2D eigenvalue weighted by atomic mass is 35.5. The Balaban J connectivity index is 2.53. The van der Waals surface area contributed by atoms with Crippen LogP contribution in [-0.2, 0) is 4.79 Å². The van der Waals surface area contributed by atoms with Gasteiger partial charge in [0.15, 0.2) is 0 Å². The second kappa shape index (κ2) is 4.12. The molecule has 0 aliphatic carbocycles. The van der Waals surface area contributed by atoms with E-state index in [9.17, 15) is 4.79 Å². The van der Waals surface area contributed by atoms with Gasteiger partial charge in [0.25, 0.3) is 0 Å². The zero-order valence-corrected chi connectivity index (χ0v) is 7.56. The van der Waals surface area contributed by atoms with E-state index in [1.807, 2.05) is 12.1 Å². The molecule has 0 bridgehead atoms. The molecular formula is C9H10ClNO. The maximum Gasteiger partial charge on any atom is 0.148 e. The van der Waals surface area contributed by atoms with Gasteiger partial charge in [0.1, 0.15) is 5.78 Å². The van der Waals surface area contributed by atoms with Crippen molar-refractivity contribution in [1.29, 1.82) is 0 Å². The van der Waals surface area contributed by atoms with Crippen LogP contribution in [0.15, 0.2) is 24.3 Å². The van der Waals surface area contributed by atoms with Crippen LogP contribution in [0.4, 0.5) is 5.69 Å². The molecule has 0 radical (unpaired) electrons. The SMILES string of the molecule is CC(=O)CNc1ccc(Cl)cc1. The molecule has 1 N–H and O–H groups in total. The molecule has 0 aliphatic rings. The fourth-order valence-corrected chi connectivity index (χ4v) is 0.920. The summed E-state index contributed by atoms with van der Waals surface area (Å²) in [6.45, 7) is 1.91. The quantitative estimate of drug-likeness (QED) is 0.780. The van der Waals surface area contributed by atoms with Gasteiger partial charge in [-0.15, -0.1) is 0 Å². The third-order valence-corrected chi connectivity index (χ3v) is 1.64. The molecule has 0 saturated heterocycles. The second-order valence-electron chi connectivity index (χ2n) is 2.56. The first kappa shape index (κ1) is 9.07. The molecule has 0 amide bonds. The summed E-state index contributed by atoms with van der Waals surface area (Å²) >= 11 is 5.68. The van der Waals surface area contributed by atoms with Gasteiger partial charge in [-0.05, 0) is 31.2 Å². The van der Waals surface area contributed by atoms with Crippen LogP contribution in [0.25, 0.3) is 0 Å². The lowest BCUT2D eigenvalue weighted by Gasteiger charge is -2.02. The summed E-state index contributed by atoms with van der Waals surface area (Å²) < 4.78 is 0. The third kappa shape index (κ3) is 2.93. The number of nitrogens with one attached hydrogen (secondary N) is 1. The van der Waals surface area contributed by atoms with Crippen LogP contribution in [0.1, 0.15) is 6.92 Å². The first-order chi connectivity index (χ1) is 5.68. The zero-order chi connectivity index (χ0) is 8.97. The normalized spacial score (nSPS) is 9.50. The van der Waals surface area contributed by atoms with E-state index in [2.05, 4.69) is 5.32 Å². The summed E-state index contributed by atoms with van der Waals surface area (Å²) in [6, 6.07) is 7.24. The number of benzene rings is 1. The Morgan fingerprint density at radius 2 is 2.00 bits per heavy atom. The Labute approximate surface area is 76.5 Å². The number of carbonyl (C=O) groups is 1. The Kier molecular flexibility index (Phi) is 3.11. The molecule has 0 spiro atoms. The van der Waals surface area contributed by atoms with Gasteiger partial charge in [-0.25, -0.2) is 0 Å². The zero-order valence-electron chi connectivity index (χ0n) is 6.80. The van der Waals surface area contributed by atoms with E-state index in [1.54, 1.807) is 19.1 Å². The van der Waals surface area contributed by atoms with Gasteiger partial charge in [0.2, 0.25) is 0 Å². The van der Waals surface area contributed by atoms with Crippen molar-refractivity contribution >= 4 is 23.1 Å².